The summed E-state index contributed by atoms with van der Waals surface area (Å²) in [6, 6.07) is 8.44. The predicted molar refractivity (Wildman–Crippen MR) is 124 cm³/mol. The van der Waals surface area contributed by atoms with E-state index in [1.807, 2.05) is 13.8 Å². The molecule has 0 saturated heterocycles. The van der Waals surface area contributed by atoms with E-state index in [2.05, 4.69) is 10.6 Å². The molecule has 6 nitrogen and oxygen atoms in total. The van der Waals surface area contributed by atoms with Crippen LogP contribution in [0.4, 0.5) is 29.3 Å². The second-order valence-corrected chi connectivity index (χ2v) is 8.56. The lowest BCUT2D eigenvalue weighted by Crippen LogP contribution is -2.41. The molecule has 0 radical (unpaired) electrons. The van der Waals surface area contributed by atoms with Crippen LogP contribution in [0.3, 0.4) is 0 Å². The normalized spacial score (nSPS) is 18.0. The van der Waals surface area contributed by atoms with Crippen LogP contribution in [0.25, 0.3) is 5.57 Å². The predicted octanol–water partition coefficient (Wildman–Crippen LogP) is 5.73. The Kier molecular flexibility index (Phi) is 6.05. The van der Waals surface area contributed by atoms with Gasteiger partial charge in [-0.1, -0.05) is 26.0 Å². The second-order valence-electron chi connectivity index (χ2n) is 8.56. The lowest BCUT2D eigenvalue weighted by molar-refractivity contribution is -0.137. The molecular formula is C25H26F3N3O3. The van der Waals surface area contributed by atoms with Crippen molar-refractivity contribution in [2.45, 2.75) is 51.4 Å². The van der Waals surface area contributed by atoms with Crippen LogP contribution in [0, 0.1) is 0 Å². The number of amides is 3. The monoisotopic (exact) mass is 473 g/mol. The molecule has 0 spiro atoms. The standard InChI is InChI=1S/C25H26F3N3O3/c1-4-24(5-2)13-15(17-10-9-16(25(26,27)28)12-21(17)34-24)11-22(32)30-19-7-6-8-20-18(19)14-29-23(33)31(20)3/h6-12H,4-5,13-14H2,1-3H3,(H,29,33)(H,30,32)/b15-11+. The van der Waals surface area contributed by atoms with Crippen LogP contribution in [-0.4, -0.2) is 24.6 Å². The fourth-order valence-electron chi connectivity index (χ4n) is 4.44. The number of carbonyl (C=O) groups is 2. The Morgan fingerprint density at radius 1 is 1.24 bits per heavy atom. The first-order valence-corrected chi connectivity index (χ1v) is 11.1. The Morgan fingerprint density at radius 3 is 2.65 bits per heavy atom. The van der Waals surface area contributed by atoms with E-state index in [-0.39, 0.29) is 18.3 Å². The number of nitrogens with one attached hydrogen (secondary N) is 2. The van der Waals surface area contributed by atoms with Gasteiger partial charge >= 0.3 is 12.2 Å². The van der Waals surface area contributed by atoms with Gasteiger partial charge in [-0.25, -0.2) is 4.79 Å². The van der Waals surface area contributed by atoms with Gasteiger partial charge < -0.3 is 15.4 Å². The Morgan fingerprint density at radius 2 is 1.97 bits per heavy atom. The maximum absolute atomic E-state index is 13.3. The molecule has 3 amide bonds. The molecule has 0 aromatic heterocycles. The molecule has 2 aliphatic rings. The summed E-state index contributed by atoms with van der Waals surface area (Å²) >= 11 is 0. The molecule has 0 bridgehead atoms. The summed E-state index contributed by atoms with van der Waals surface area (Å²) in [7, 11) is 1.64. The van der Waals surface area contributed by atoms with E-state index in [1.54, 1.807) is 25.2 Å². The number of ether oxygens (including phenoxy) is 1. The second kappa shape index (κ2) is 8.70. The van der Waals surface area contributed by atoms with Crippen LogP contribution in [0.2, 0.25) is 0 Å². The summed E-state index contributed by atoms with van der Waals surface area (Å²) in [4.78, 5) is 26.4. The summed E-state index contributed by atoms with van der Waals surface area (Å²) in [6.45, 7) is 4.11. The first kappa shape index (κ1) is 23.7. The number of carbonyl (C=O) groups excluding carboxylic acids is 2. The molecule has 2 N–H and O–H groups in total. The number of benzene rings is 2. The third-order valence-electron chi connectivity index (χ3n) is 6.58. The molecule has 2 aromatic rings. The van der Waals surface area contributed by atoms with Crippen molar-refractivity contribution in [1.82, 2.24) is 5.32 Å². The number of halogens is 3. The van der Waals surface area contributed by atoms with Crippen molar-refractivity contribution in [3.63, 3.8) is 0 Å². The number of anilines is 2. The highest BCUT2D eigenvalue weighted by atomic mass is 19.4. The Labute approximate surface area is 195 Å². The molecule has 0 unspecified atom stereocenters. The maximum atomic E-state index is 13.3. The van der Waals surface area contributed by atoms with Crippen LogP contribution in [0.1, 0.15) is 49.8 Å². The van der Waals surface area contributed by atoms with Crippen LogP contribution in [0.15, 0.2) is 42.5 Å². The van der Waals surface area contributed by atoms with Crippen LogP contribution < -0.4 is 20.3 Å². The van der Waals surface area contributed by atoms with Gasteiger partial charge in [0.25, 0.3) is 0 Å². The van der Waals surface area contributed by atoms with E-state index in [0.29, 0.717) is 41.8 Å². The van der Waals surface area contributed by atoms with E-state index in [1.165, 1.54) is 17.0 Å². The highest BCUT2D eigenvalue weighted by molar-refractivity contribution is 6.06. The minimum atomic E-state index is -4.49. The molecular weight excluding hydrogens is 447 g/mol. The fourth-order valence-corrected chi connectivity index (χ4v) is 4.44. The van der Waals surface area contributed by atoms with Gasteiger partial charge in [0.15, 0.2) is 0 Å². The molecule has 2 aromatic carbocycles. The Hall–Kier alpha value is -3.49. The largest absolute Gasteiger partial charge is 0.486 e. The third-order valence-corrected chi connectivity index (χ3v) is 6.58. The molecule has 180 valence electrons. The molecule has 2 aliphatic heterocycles. The van der Waals surface area contributed by atoms with Crippen molar-refractivity contribution in [3.8, 4) is 5.75 Å². The molecule has 0 saturated carbocycles. The molecule has 0 atom stereocenters. The zero-order valence-corrected chi connectivity index (χ0v) is 19.2. The van der Waals surface area contributed by atoms with Gasteiger partial charge in [-0.05, 0) is 42.7 Å². The van der Waals surface area contributed by atoms with E-state index in [0.717, 1.165) is 17.7 Å². The SMILES string of the molecule is CCC1(CC)C/C(=C\C(=O)Nc2cccc3c2CNC(=O)N3C)c2ccc(C(F)(F)F)cc2O1. The average Bonchev–Trinajstić information content (AvgIpc) is 2.80. The van der Waals surface area contributed by atoms with Gasteiger partial charge in [-0.2, -0.15) is 13.2 Å². The summed E-state index contributed by atoms with van der Waals surface area (Å²) in [5, 5.41) is 5.62. The van der Waals surface area contributed by atoms with Gasteiger partial charge in [0, 0.05) is 42.9 Å². The fraction of sp³-hybridized carbons (Fsp3) is 0.360. The lowest BCUT2D eigenvalue weighted by atomic mass is 9.83. The van der Waals surface area contributed by atoms with E-state index in [4.69, 9.17) is 4.74 Å². The summed E-state index contributed by atoms with van der Waals surface area (Å²) in [5.41, 5.74) is 1.64. The zero-order valence-electron chi connectivity index (χ0n) is 19.2. The van der Waals surface area contributed by atoms with Gasteiger partial charge in [0.05, 0.1) is 11.3 Å². The first-order valence-electron chi connectivity index (χ1n) is 11.1. The number of fused-ring (bicyclic) bond motifs is 2. The minimum absolute atomic E-state index is 0.130. The molecule has 0 fully saturated rings. The smallest absolute Gasteiger partial charge is 0.416 e. The van der Waals surface area contributed by atoms with Crippen molar-refractivity contribution < 1.29 is 27.5 Å². The van der Waals surface area contributed by atoms with Crippen LogP contribution >= 0.6 is 0 Å². The van der Waals surface area contributed by atoms with Crippen molar-refractivity contribution in [2.24, 2.45) is 0 Å². The molecule has 0 aliphatic carbocycles. The molecule has 4 rings (SSSR count). The Bertz CT molecular complexity index is 1170. The number of rotatable bonds is 4. The number of urea groups is 1. The summed E-state index contributed by atoms with van der Waals surface area (Å²) < 4.78 is 45.9. The highest BCUT2D eigenvalue weighted by Gasteiger charge is 2.38. The topological polar surface area (TPSA) is 70.7 Å². The van der Waals surface area contributed by atoms with E-state index in [9.17, 15) is 22.8 Å². The van der Waals surface area contributed by atoms with Gasteiger partial charge in [0.1, 0.15) is 11.4 Å². The van der Waals surface area contributed by atoms with E-state index >= 15 is 0 Å². The van der Waals surface area contributed by atoms with E-state index < -0.39 is 23.2 Å². The average molecular weight is 473 g/mol. The van der Waals surface area contributed by atoms with Crippen molar-refractivity contribution in [1.29, 1.82) is 0 Å². The Balaban J connectivity index is 1.69. The quantitative estimate of drug-likeness (QED) is 0.558. The third kappa shape index (κ3) is 4.34. The van der Waals surface area contributed by atoms with Crippen molar-refractivity contribution in [3.05, 3.63) is 59.2 Å². The summed E-state index contributed by atoms with van der Waals surface area (Å²) in [5.74, 6) is -0.276. The van der Waals surface area contributed by atoms with Crippen molar-refractivity contribution >= 4 is 28.9 Å². The molecule has 9 heteroatoms. The van der Waals surface area contributed by atoms with Crippen LogP contribution in [-0.2, 0) is 17.5 Å². The maximum Gasteiger partial charge on any atom is 0.416 e. The van der Waals surface area contributed by atoms with Crippen LogP contribution in [0.5, 0.6) is 5.75 Å². The van der Waals surface area contributed by atoms with Gasteiger partial charge in [0.2, 0.25) is 5.91 Å². The number of nitrogens with zero attached hydrogens (tertiary/aromatic N) is 1. The minimum Gasteiger partial charge on any atom is -0.486 e. The van der Waals surface area contributed by atoms with Gasteiger partial charge in [-0.15, -0.1) is 0 Å². The first-order chi connectivity index (χ1) is 16.1. The number of hydrogen-bond donors (Lipinski definition) is 2. The van der Waals surface area contributed by atoms with Crippen molar-refractivity contribution in [2.75, 3.05) is 17.3 Å². The summed E-state index contributed by atoms with van der Waals surface area (Å²) in [6.07, 6.45) is -1.50. The number of alkyl halides is 3. The zero-order chi connectivity index (χ0) is 24.7. The molecule has 2 heterocycles. The molecule has 34 heavy (non-hydrogen) atoms. The number of hydrogen-bond acceptors (Lipinski definition) is 3. The van der Waals surface area contributed by atoms with Gasteiger partial charge in [-0.3, -0.25) is 9.69 Å². The highest BCUT2D eigenvalue weighted by Crippen LogP contribution is 2.45. The lowest BCUT2D eigenvalue weighted by Gasteiger charge is -2.39.